The summed E-state index contributed by atoms with van der Waals surface area (Å²) in [6.07, 6.45) is 9.72. The second kappa shape index (κ2) is 18.0. The summed E-state index contributed by atoms with van der Waals surface area (Å²) in [7, 11) is 1.95. The molecule has 0 rings (SSSR count). The molecule has 82 valence electrons. The van der Waals surface area contributed by atoms with Gasteiger partial charge in [-0.1, -0.05) is 50.8 Å². The van der Waals surface area contributed by atoms with Gasteiger partial charge in [-0.15, -0.1) is 0 Å². The third-order valence-electron chi connectivity index (χ3n) is 1.31. The molecule has 0 spiro atoms. The summed E-state index contributed by atoms with van der Waals surface area (Å²) < 4.78 is 0. The van der Waals surface area contributed by atoms with Crippen molar-refractivity contribution in [2.75, 3.05) is 26.7 Å². The highest BCUT2D eigenvalue weighted by atomic mass is 14.9. The van der Waals surface area contributed by atoms with E-state index in [0.29, 0.717) is 0 Å². The van der Waals surface area contributed by atoms with Crippen LogP contribution in [-0.2, 0) is 0 Å². The Morgan fingerprint density at radius 2 is 1.79 bits per heavy atom. The van der Waals surface area contributed by atoms with Crippen molar-refractivity contribution < 1.29 is 0 Å². The van der Waals surface area contributed by atoms with E-state index in [1.165, 1.54) is 0 Å². The number of nitrogens with one attached hydrogen (secondary N) is 2. The first-order valence-corrected chi connectivity index (χ1v) is 5.21. The molecule has 0 aliphatic rings. The maximum atomic E-state index is 3.57. The fourth-order valence-corrected chi connectivity index (χ4v) is 0.688. The van der Waals surface area contributed by atoms with Crippen LogP contribution in [0.4, 0.5) is 0 Å². The summed E-state index contributed by atoms with van der Waals surface area (Å²) in [6.45, 7) is 10.5. The molecule has 14 heavy (non-hydrogen) atoms. The van der Waals surface area contributed by atoms with Crippen LogP contribution in [0.2, 0.25) is 0 Å². The van der Waals surface area contributed by atoms with Gasteiger partial charge in [0.15, 0.2) is 0 Å². The zero-order chi connectivity index (χ0) is 11.1. The Morgan fingerprint density at radius 1 is 1.07 bits per heavy atom. The maximum absolute atomic E-state index is 3.57. The van der Waals surface area contributed by atoms with Gasteiger partial charge in [-0.05, 0) is 7.05 Å². The molecular formula is C12H24N2. The molecule has 0 aliphatic carbocycles. The van der Waals surface area contributed by atoms with Gasteiger partial charge >= 0.3 is 0 Å². The Hall–Kier alpha value is -0.860. The average molecular weight is 196 g/mol. The quantitative estimate of drug-likeness (QED) is 0.481. The highest BCUT2D eigenvalue weighted by molar-refractivity contribution is 5.09. The number of hydrogen-bond acceptors (Lipinski definition) is 2. The van der Waals surface area contributed by atoms with Crippen molar-refractivity contribution in [2.24, 2.45) is 0 Å². The van der Waals surface area contributed by atoms with E-state index in [1.807, 2.05) is 39.1 Å². The van der Waals surface area contributed by atoms with Crippen LogP contribution in [0, 0.1) is 0 Å². The van der Waals surface area contributed by atoms with E-state index in [0.717, 1.165) is 19.6 Å². The predicted octanol–water partition coefficient (Wildman–Crippen LogP) is 2.12. The van der Waals surface area contributed by atoms with Crippen molar-refractivity contribution in [3.05, 3.63) is 37.0 Å². The molecule has 2 N–H and O–H groups in total. The van der Waals surface area contributed by atoms with Crippen LogP contribution >= 0.6 is 0 Å². The van der Waals surface area contributed by atoms with Gasteiger partial charge < -0.3 is 10.6 Å². The van der Waals surface area contributed by atoms with Crippen LogP contribution < -0.4 is 10.6 Å². The van der Waals surface area contributed by atoms with Gasteiger partial charge in [-0.25, -0.2) is 0 Å². The maximum Gasteiger partial charge on any atom is 0.0138 e. The molecule has 0 aromatic carbocycles. The lowest BCUT2D eigenvalue weighted by Gasteiger charge is -1.98. The number of hydrogen-bond donors (Lipinski definition) is 2. The SMILES string of the molecule is C=C/C=C\C=C\CNCCNC.CC. The van der Waals surface area contributed by atoms with Crippen LogP contribution in [0.15, 0.2) is 37.0 Å². The van der Waals surface area contributed by atoms with Crippen LogP contribution in [0.5, 0.6) is 0 Å². The number of likely N-dealkylation sites (N-methyl/N-ethyl adjacent to an activating group) is 1. The molecular weight excluding hydrogens is 172 g/mol. The summed E-state index contributed by atoms with van der Waals surface area (Å²) in [6, 6.07) is 0. The van der Waals surface area contributed by atoms with Crippen molar-refractivity contribution in [3.8, 4) is 0 Å². The molecule has 0 aromatic rings. The Bertz CT molecular complexity index is 148. The van der Waals surface area contributed by atoms with Crippen LogP contribution in [0.1, 0.15) is 13.8 Å². The molecule has 0 heterocycles. The Labute approximate surface area is 88.8 Å². The van der Waals surface area contributed by atoms with E-state index in [2.05, 4.69) is 23.3 Å². The molecule has 0 bridgehead atoms. The van der Waals surface area contributed by atoms with Gasteiger partial charge in [0.05, 0.1) is 0 Å². The van der Waals surface area contributed by atoms with Gasteiger partial charge in [0, 0.05) is 19.6 Å². The molecule has 0 radical (unpaired) electrons. The summed E-state index contributed by atoms with van der Waals surface area (Å²) in [4.78, 5) is 0. The van der Waals surface area contributed by atoms with Crippen molar-refractivity contribution in [3.63, 3.8) is 0 Å². The molecule has 0 saturated heterocycles. The topological polar surface area (TPSA) is 24.1 Å². The van der Waals surface area contributed by atoms with Gasteiger partial charge in [0.2, 0.25) is 0 Å². The molecule has 0 unspecified atom stereocenters. The summed E-state index contributed by atoms with van der Waals surface area (Å²) in [5.41, 5.74) is 0. The molecule has 0 amide bonds. The molecule has 0 saturated carbocycles. The highest BCUT2D eigenvalue weighted by Gasteiger charge is 1.78. The second-order valence-corrected chi connectivity index (χ2v) is 2.36. The average Bonchev–Trinajstić information content (AvgIpc) is 2.25. The Kier molecular flexibility index (Phi) is 20.1. The largest absolute Gasteiger partial charge is 0.318 e. The van der Waals surface area contributed by atoms with E-state index < -0.39 is 0 Å². The predicted molar refractivity (Wildman–Crippen MR) is 66.6 cm³/mol. The van der Waals surface area contributed by atoms with E-state index in [9.17, 15) is 0 Å². The number of allylic oxidation sites excluding steroid dienone is 4. The van der Waals surface area contributed by atoms with E-state index in [-0.39, 0.29) is 0 Å². The van der Waals surface area contributed by atoms with E-state index in [4.69, 9.17) is 0 Å². The van der Waals surface area contributed by atoms with Gasteiger partial charge in [0.25, 0.3) is 0 Å². The first-order valence-electron chi connectivity index (χ1n) is 5.21. The van der Waals surface area contributed by atoms with Crippen LogP contribution in [-0.4, -0.2) is 26.7 Å². The van der Waals surface area contributed by atoms with E-state index in [1.54, 1.807) is 6.08 Å². The lowest BCUT2D eigenvalue weighted by molar-refractivity contribution is 0.690. The zero-order valence-electron chi connectivity index (χ0n) is 9.72. The van der Waals surface area contributed by atoms with Crippen molar-refractivity contribution in [1.82, 2.24) is 10.6 Å². The molecule has 0 atom stereocenters. The van der Waals surface area contributed by atoms with Crippen molar-refractivity contribution in [1.29, 1.82) is 0 Å². The minimum atomic E-state index is 0.920. The van der Waals surface area contributed by atoms with Gasteiger partial charge in [0.1, 0.15) is 0 Å². The van der Waals surface area contributed by atoms with Gasteiger partial charge in [-0.3, -0.25) is 0 Å². The Balaban J connectivity index is 0. The fourth-order valence-electron chi connectivity index (χ4n) is 0.688. The van der Waals surface area contributed by atoms with Crippen LogP contribution in [0.25, 0.3) is 0 Å². The lowest BCUT2D eigenvalue weighted by Crippen LogP contribution is -2.24. The summed E-state index contributed by atoms with van der Waals surface area (Å²) in [5, 5.41) is 6.32. The smallest absolute Gasteiger partial charge is 0.0138 e. The number of rotatable bonds is 7. The van der Waals surface area contributed by atoms with Gasteiger partial charge in [-0.2, -0.15) is 0 Å². The monoisotopic (exact) mass is 196 g/mol. The first kappa shape index (κ1) is 15.6. The third kappa shape index (κ3) is 17.3. The standard InChI is InChI=1S/C10H18N2.C2H6/c1-3-4-5-6-7-8-12-10-9-11-2;1-2/h3-7,11-12H,1,8-10H2,2H3;1-2H3/b5-4-,7-6+;. The molecule has 0 aliphatic heterocycles. The molecule has 2 nitrogen and oxygen atoms in total. The minimum Gasteiger partial charge on any atom is -0.318 e. The molecule has 0 aromatic heterocycles. The summed E-state index contributed by atoms with van der Waals surface area (Å²) in [5.74, 6) is 0. The second-order valence-electron chi connectivity index (χ2n) is 2.36. The minimum absolute atomic E-state index is 0.920. The van der Waals surface area contributed by atoms with Crippen LogP contribution in [0.3, 0.4) is 0 Å². The van der Waals surface area contributed by atoms with E-state index >= 15 is 0 Å². The fraction of sp³-hybridized carbons (Fsp3) is 0.500. The summed E-state index contributed by atoms with van der Waals surface area (Å²) >= 11 is 0. The molecule has 0 fully saturated rings. The lowest BCUT2D eigenvalue weighted by atomic mass is 10.4. The normalized spacial score (nSPS) is 10.2. The molecule has 2 heteroatoms. The zero-order valence-corrected chi connectivity index (χ0v) is 9.72. The van der Waals surface area contributed by atoms with Crippen molar-refractivity contribution >= 4 is 0 Å². The van der Waals surface area contributed by atoms with Crippen molar-refractivity contribution in [2.45, 2.75) is 13.8 Å². The third-order valence-corrected chi connectivity index (χ3v) is 1.31. The Morgan fingerprint density at radius 3 is 2.36 bits per heavy atom. The highest BCUT2D eigenvalue weighted by Crippen LogP contribution is 1.76. The first-order chi connectivity index (χ1) is 6.91.